The third-order valence-electron chi connectivity index (χ3n) is 3.29. The molecule has 2 atom stereocenters. The Hall–Kier alpha value is -0.0800. The Morgan fingerprint density at radius 1 is 1.00 bits per heavy atom. The van der Waals surface area contributed by atoms with E-state index in [1.54, 1.807) is 7.11 Å². The molecule has 0 fully saturated rings. The van der Waals surface area contributed by atoms with Crippen molar-refractivity contribution in [3.05, 3.63) is 0 Å². The average molecular weight is 230 g/mol. The Bertz CT molecular complexity index is 137. The molecule has 1 N–H and O–H groups in total. The van der Waals surface area contributed by atoms with Crippen LogP contribution in [-0.4, -0.2) is 24.9 Å². The first kappa shape index (κ1) is 15.9. The zero-order chi connectivity index (χ0) is 12.2. The van der Waals surface area contributed by atoms with Gasteiger partial charge in [0.1, 0.15) is 0 Å². The van der Waals surface area contributed by atoms with E-state index in [1.807, 2.05) is 0 Å². The largest absolute Gasteiger partial charge is 0.393 e. The second-order valence-electron chi connectivity index (χ2n) is 4.88. The van der Waals surface area contributed by atoms with Gasteiger partial charge in [0.15, 0.2) is 0 Å². The van der Waals surface area contributed by atoms with Crippen LogP contribution < -0.4 is 0 Å². The van der Waals surface area contributed by atoms with Crippen LogP contribution in [0.2, 0.25) is 0 Å². The summed E-state index contributed by atoms with van der Waals surface area (Å²) in [6, 6.07) is 0. The zero-order valence-corrected chi connectivity index (χ0v) is 11.4. The number of hydrogen-bond donors (Lipinski definition) is 1. The molecule has 0 aromatic heterocycles. The fourth-order valence-corrected chi connectivity index (χ4v) is 1.91. The number of unbranched alkanes of at least 4 members (excludes halogenated alkanes) is 5. The van der Waals surface area contributed by atoms with Gasteiger partial charge >= 0.3 is 0 Å². The highest BCUT2D eigenvalue weighted by Gasteiger charge is 2.12. The van der Waals surface area contributed by atoms with Crippen LogP contribution in [0.3, 0.4) is 0 Å². The quantitative estimate of drug-likeness (QED) is 0.547. The SMILES string of the molecule is CCCCCCCCC(O)C(C)CCOC. The second-order valence-corrected chi connectivity index (χ2v) is 4.88. The summed E-state index contributed by atoms with van der Waals surface area (Å²) in [7, 11) is 1.72. The molecule has 2 unspecified atom stereocenters. The van der Waals surface area contributed by atoms with Crippen LogP contribution in [0.4, 0.5) is 0 Å². The monoisotopic (exact) mass is 230 g/mol. The molecule has 0 saturated heterocycles. The maximum Gasteiger partial charge on any atom is 0.0566 e. The lowest BCUT2D eigenvalue weighted by Crippen LogP contribution is -2.18. The predicted molar refractivity (Wildman–Crippen MR) is 69.7 cm³/mol. The number of aliphatic hydroxyl groups excluding tert-OH is 1. The Morgan fingerprint density at radius 3 is 2.25 bits per heavy atom. The van der Waals surface area contributed by atoms with Gasteiger partial charge in [0.05, 0.1) is 6.10 Å². The van der Waals surface area contributed by atoms with Crippen molar-refractivity contribution in [2.45, 2.75) is 71.3 Å². The van der Waals surface area contributed by atoms with Gasteiger partial charge in [-0.15, -0.1) is 0 Å². The van der Waals surface area contributed by atoms with Crippen LogP contribution in [0.5, 0.6) is 0 Å². The van der Waals surface area contributed by atoms with Gasteiger partial charge < -0.3 is 9.84 Å². The van der Waals surface area contributed by atoms with Gasteiger partial charge in [-0.1, -0.05) is 52.4 Å². The maximum absolute atomic E-state index is 9.89. The second kappa shape index (κ2) is 11.4. The van der Waals surface area contributed by atoms with Gasteiger partial charge in [-0.3, -0.25) is 0 Å². The Labute approximate surface area is 101 Å². The predicted octanol–water partition coefficient (Wildman–Crippen LogP) is 3.77. The van der Waals surface area contributed by atoms with E-state index in [1.165, 1.54) is 38.5 Å². The summed E-state index contributed by atoms with van der Waals surface area (Å²) in [5.74, 6) is 0.371. The van der Waals surface area contributed by atoms with Crippen LogP contribution >= 0.6 is 0 Å². The summed E-state index contributed by atoms with van der Waals surface area (Å²) in [5.41, 5.74) is 0. The molecule has 0 aromatic carbocycles. The highest BCUT2D eigenvalue weighted by molar-refractivity contribution is 4.64. The molecule has 0 aliphatic rings. The fourth-order valence-electron chi connectivity index (χ4n) is 1.91. The van der Waals surface area contributed by atoms with E-state index in [0.717, 1.165) is 19.4 Å². The summed E-state index contributed by atoms with van der Waals surface area (Å²) in [5, 5.41) is 9.89. The third kappa shape index (κ3) is 9.17. The lowest BCUT2D eigenvalue weighted by Gasteiger charge is -2.18. The standard InChI is InChI=1S/C14H30O2/c1-4-5-6-7-8-9-10-14(15)13(2)11-12-16-3/h13-15H,4-12H2,1-3H3. The summed E-state index contributed by atoms with van der Waals surface area (Å²) < 4.78 is 5.02. The van der Waals surface area contributed by atoms with E-state index >= 15 is 0 Å². The maximum atomic E-state index is 9.89. The molecule has 0 radical (unpaired) electrons. The third-order valence-corrected chi connectivity index (χ3v) is 3.29. The van der Waals surface area contributed by atoms with Crippen molar-refractivity contribution in [3.63, 3.8) is 0 Å². The molecule has 0 aliphatic carbocycles. The topological polar surface area (TPSA) is 29.5 Å². The number of rotatable bonds is 11. The van der Waals surface area contributed by atoms with Crippen molar-refractivity contribution in [2.75, 3.05) is 13.7 Å². The summed E-state index contributed by atoms with van der Waals surface area (Å²) in [6.07, 6.45) is 9.56. The number of ether oxygens (including phenoxy) is 1. The first-order valence-electron chi connectivity index (χ1n) is 6.89. The smallest absolute Gasteiger partial charge is 0.0566 e. The molecular formula is C14H30O2. The first-order chi connectivity index (χ1) is 7.72. The highest BCUT2D eigenvalue weighted by atomic mass is 16.5. The molecule has 0 rings (SSSR count). The van der Waals surface area contributed by atoms with Crippen LogP contribution in [0, 0.1) is 5.92 Å². The number of methoxy groups -OCH3 is 1. The molecule has 16 heavy (non-hydrogen) atoms. The molecule has 0 spiro atoms. The number of hydrogen-bond acceptors (Lipinski definition) is 2. The van der Waals surface area contributed by atoms with Crippen LogP contribution in [-0.2, 0) is 4.74 Å². The van der Waals surface area contributed by atoms with E-state index in [-0.39, 0.29) is 6.10 Å². The summed E-state index contributed by atoms with van der Waals surface area (Å²) in [6.45, 7) is 5.11. The number of aliphatic hydroxyl groups is 1. The average Bonchev–Trinajstić information content (AvgIpc) is 2.30. The minimum atomic E-state index is -0.138. The van der Waals surface area contributed by atoms with E-state index < -0.39 is 0 Å². The lowest BCUT2D eigenvalue weighted by molar-refractivity contribution is 0.0798. The van der Waals surface area contributed by atoms with E-state index in [0.29, 0.717) is 5.92 Å². The van der Waals surface area contributed by atoms with Gasteiger partial charge in [0.2, 0.25) is 0 Å². The van der Waals surface area contributed by atoms with Gasteiger partial charge in [0.25, 0.3) is 0 Å². The van der Waals surface area contributed by atoms with E-state index in [9.17, 15) is 5.11 Å². The van der Waals surface area contributed by atoms with E-state index in [2.05, 4.69) is 13.8 Å². The Balaban J connectivity index is 3.31. The molecule has 0 aliphatic heterocycles. The molecule has 2 heteroatoms. The first-order valence-corrected chi connectivity index (χ1v) is 6.89. The summed E-state index contributed by atoms with van der Waals surface area (Å²) >= 11 is 0. The minimum Gasteiger partial charge on any atom is -0.393 e. The molecule has 0 aromatic rings. The Morgan fingerprint density at radius 2 is 1.62 bits per heavy atom. The van der Waals surface area contributed by atoms with Gasteiger partial charge in [0, 0.05) is 13.7 Å². The van der Waals surface area contributed by atoms with Crippen molar-refractivity contribution < 1.29 is 9.84 Å². The molecule has 0 amide bonds. The molecule has 0 bridgehead atoms. The van der Waals surface area contributed by atoms with E-state index in [4.69, 9.17) is 4.74 Å². The molecule has 0 heterocycles. The fraction of sp³-hybridized carbons (Fsp3) is 1.00. The van der Waals surface area contributed by atoms with Gasteiger partial charge in [-0.2, -0.15) is 0 Å². The van der Waals surface area contributed by atoms with Gasteiger partial charge in [-0.25, -0.2) is 0 Å². The molecule has 2 nitrogen and oxygen atoms in total. The zero-order valence-electron chi connectivity index (χ0n) is 11.4. The van der Waals surface area contributed by atoms with Crippen LogP contribution in [0.1, 0.15) is 65.2 Å². The van der Waals surface area contributed by atoms with Crippen molar-refractivity contribution in [1.29, 1.82) is 0 Å². The van der Waals surface area contributed by atoms with Gasteiger partial charge in [-0.05, 0) is 18.8 Å². The van der Waals surface area contributed by atoms with Crippen LogP contribution in [0.15, 0.2) is 0 Å². The minimum absolute atomic E-state index is 0.138. The lowest BCUT2D eigenvalue weighted by atomic mass is 9.96. The normalized spacial score (nSPS) is 15.0. The van der Waals surface area contributed by atoms with Crippen LogP contribution in [0.25, 0.3) is 0 Å². The summed E-state index contributed by atoms with van der Waals surface area (Å²) in [4.78, 5) is 0. The van der Waals surface area contributed by atoms with Crippen molar-refractivity contribution >= 4 is 0 Å². The van der Waals surface area contributed by atoms with Crippen molar-refractivity contribution in [3.8, 4) is 0 Å². The highest BCUT2D eigenvalue weighted by Crippen LogP contribution is 2.15. The Kier molecular flexibility index (Phi) is 11.3. The van der Waals surface area contributed by atoms with Crippen molar-refractivity contribution in [1.82, 2.24) is 0 Å². The molecule has 98 valence electrons. The molecule has 0 saturated carbocycles. The molecular weight excluding hydrogens is 200 g/mol. The van der Waals surface area contributed by atoms with Crippen molar-refractivity contribution in [2.24, 2.45) is 5.92 Å².